The maximum absolute atomic E-state index is 13.8. The Hall–Kier alpha value is -4.14. The fourth-order valence-electron chi connectivity index (χ4n) is 14.6. The first-order valence-corrected chi connectivity index (χ1v) is 34.5. The van der Waals surface area contributed by atoms with Gasteiger partial charge in [0.2, 0.25) is 0 Å². The summed E-state index contributed by atoms with van der Waals surface area (Å²) >= 11 is 6.19. The van der Waals surface area contributed by atoms with Gasteiger partial charge in [0, 0.05) is 168 Å². The second kappa shape index (κ2) is 33.8. The van der Waals surface area contributed by atoms with Crippen LogP contribution in [0.25, 0.3) is 0 Å². The predicted octanol–water partition coefficient (Wildman–Crippen LogP) is 14.1. The van der Waals surface area contributed by atoms with Crippen molar-refractivity contribution in [1.82, 2.24) is 51.5 Å². The zero-order chi connectivity index (χ0) is 65.5. The van der Waals surface area contributed by atoms with Crippen LogP contribution in [0.15, 0.2) is 95.4 Å². The SMILES string of the molecule is CCO[C@@H]1CNCC2(CCC2)NC(C)[C@H](C2CCCC2)N2C(C)[C@@H](C)C2CNC(C)[C@H](CC(C)C)NC[C@H]([C@@H](C)CC)NC(C)[C@H](C)N2CCCC2=CN(C)C(Cc2ccc(C(F)(F)F)cc2)=CN(C)C=CNC(CCc2ccc(C(F)(F)F)c(Cl)c2)=CC=N1. The van der Waals surface area contributed by atoms with E-state index in [1.807, 2.05) is 44.4 Å². The molecule has 2 saturated carbocycles. The highest BCUT2D eigenvalue weighted by atomic mass is 35.5. The van der Waals surface area contributed by atoms with Gasteiger partial charge in [-0.05, 0) is 171 Å². The van der Waals surface area contributed by atoms with Crippen LogP contribution >= 0.6 is 11.6 Å². The van der Waals surface area contributed by atoms with E-state index in [2.05, 4.69) is 122 Å². The van der Waals surface area contributed by atoms with Gasteiger partial charge in [-0.1, -0.05) is 83.7 Å². The first-order chi connectivity index (χ1) is 42.7. The number of hydrogen-bond donors (Lipinski definition) is 6. The third-order valence-electron chi connectivity index (χ3n) is 20.7. The molecule has 3 aliphatic heterocycles. The van der Waals surface area contributed by atoms with Crippen molar-refractivity contribution in [1.29, 1.82) is 0 Å². The lowest BCUT2D eigenvalue weighted by Crippen LogP contribution is -2.74. The molecule has 19 heteroatoms. The monoisotopic (exact) mass is 1280 g/mol. The second-order valence-corrected chi connectivity index (χ2v) is 28.1. The van der Waals surface area contributed by atoms with Crippen molar-refractivity contribution < 1.29 is 31.1 Å². The van der Waals surface area contributed by atoms with E-state index in [0.717, 1.165) is 99.9 Å². The average Bonchev–Trinajstić information content (AvgIpc) is 1.10. The number of nitrogens with one attached hydrogen (secondary N) is 6. The molecule has 2 aliphatic carbocycles. The predicted molar refractivity (Wildman–Crippen MR) is 358 cm³/mol. The van der Waals surface area contributed by atoms with Gasteiger partial charge in [0.15, 0.2) is 6.23 Å². The molecule has 7 rings (SSSR count). The van der Waals surface area contributed by atoms with Crippen LogP contribution in [0.1, 0.15) is 175 Å². The van der Waals surface area contributed by atoms with Crippen LogP contribution in [0.2, 0.25) is 5.02 Å². The molecule has 0 bridgehead atoms. The van der Waals surface area contributed by atoms with Gasteiger partial charge in [0.1, 0.15) is 0 Å². The van der Waals surface area contributed by atoms with E-state index in [-0.39, 0.29) is 34.7 Å². The van der Waals surface area contributed by atoms with Crippen LogP contribution in [0.5, 0.6) is 0 Å². The molecule has 506 valence electrons. The van der Waals surface area contributed by atoms with Crippen molar-refractivity contribution in [2.45, 2.75) is 245 Å². The number of ether oxygens (including phenoxy) is 1. The summed E-state index contributed by atoms with van der Waals surface area (Å²) in [6.45, 7) is 30.2. The highest BCUT2D eigenvalue weighted by Gasteiger charge is 2.51. The van der Waals surface area contributed by atoms with Crippen LogP contribution in [0.4, 0.5) is 26.3 Å². The maximum Gasteiger partial charge on any atom is 0.417 e. The van der Waals surface area contributed by atoms with Crippen molar-refractivity contribution in [2.75, 3.05) is 53.4 Å². The van der Waals surface area contributed by atoms with Gasteiger partial charge in [0.05, 0.1) is 16.1 Å². The van der Waals surface area contributed by atoms with Crippen LogP contribution < -0.4 is 31.9 Å². The number of halogens is 7. The summed E-state index contributed by atoms with van der Waals surface area (Å²) in [4.78, 5) is 14.3. The van der Waals surface area contributed by atoms with Gasteiger partial charge in [-0.2, -0.15) is 26.3 Å². The van der Waals surface area contributed by atoms with E-state index in [0.29, 0.717) is 91.9 Å². The van der Waals surface area contributed by atoms with Gasteiger partial charge in [-0.3, -0.25) is 9.89 Å². The number of allylic oxidation sites excluding steroid dienone is 4. The van der Waals surface area contributed by atoms with Crippen molar-refractivity contribution in [3.63, 3.8) is 0 Å². The maximum atomic E-state index is 13.8. The summed E-state index contributed by atoms with van der Waals surface area (Å²) in [5.74, 6) is 2.19. The fourth-order valence-corrected chi connectivity index (χ4v) is 15.0. The second-order valence-electron chi connectivity index (χ2n) is 27.7. The highest BCUT2D eigenvalue weighted by Crippen LogP contribution is 2.43. The minimum Gasteiger partial charge on any atom is -0.369 e. The summed E-state index contributed by atoms with van der Waals surface area (Å²) in [6, 6.07) is 12.0. The smallest absolute Gasteiger partial charge is 0.369 e. The highest BCUT2D eigenvalue weighted by molar-refractivity contribution is 6.31. The molecule has 2 saturated heterocycles. The van der Waals surface area contributed by atoms with E-state index in [1.54, 1.807) is 24.5 Å². The standard InChI is InChI=1S/C71H112ClF6N11O/c1-14-48(5)65-41-83-64(38-47(3)4)51(8)82-42-66-49(6)53(10)89(66)68(57-20-16-17-21-57)52(9)85-69(32-19-33-69)46-79-43-67(90-15-2)81-34-31-59(29-25-56-26-30-62(63(72)40-56)71(76,77)78)80-35-37-86(12)44-61(39-55-23-27-58(28-24-55)70(73,74)75)87(13)45-60-22-18-36-88(60)54(11)50(7)84-65/h23-24,26-28,30-31,34-35,37,40,44-45,47-54,57,64-68,79-80,82-85H,14-22,25,29,32-33,36,38-39,41-43,46H2,1-13H3/t48-,49+,50?,51?,52?,53?,54-,64-,65+,66?,67+,68+/m0/s1. The molecule has 5 aliphatic rings. The number of fused-ring (bicyclic) bond motifs is 2. The lowest BCUT2D eigenvalue weighted by Gasteiger charge is -2.60. The van der Waals surface area contributed by atoms with Crippen molar-refractivity contribution in [2.24, 2.45) is 28.7 Å². The molecule has 2 aromatic carbocycles. The Morgan fingerprint density at radius 2 is 1.50 bits per heavy atom. The third kappa shape index (κ3) is 20.4. The quantitative estimate of drug-likeness (QED) is 0.114. The Labute approximate surface area is 542 Å². The number of benzene rings is 2. The third-order valence-corrected chi connectivity index (χ3v) is 21.0. The van der Waals surface area contributed by atoms with E-state index in [9.17, 15) is 26.3 Å². The summed E-state index contributed by atoms with van der Waals surface area (Å²) in [7, 11) is 3.90. The summed E-state index contributed by atoms with van der Waals surface area (Å²) in [6.07, 6.45) is 15.7. The Morgan fingerprint density at radius 1 is 0.789 bits per heavy atom. The molecule has 0 amide bonds. The molecular weight excluding hydrogens is 1170 g/mol. The lowest BCUT2D eigenvalue weighted by atomic mass is 9.73. The normalized spacial score (nSPS) is 29.5. The van der Waals surface area contributed by atoms with Crippen molar-refractivity contribution in [3.8, 4) is 0 Å². The average molecular weight is 1290 g/mol. The topological polar surface area (TPSA) is 107 Å². The molecule has 5 unspecified atom stereocenters. The Balaban J connectivity index is 1.22. The van der Waals surface area contributed by atoms with Crippen molar-refractivity contribution in [3.05, 3.63) is 118 Å². The first-order valence-electron chi connectivity index (χ1n) is 34.1. The summed E-state index contributed by atoms with van der Waals surface area (Å²) < 4.78 is 88.7. The van der Waals surface area contributed by atoms with Gasteiger partial charge in [-0.15, -0.1) is 0 Å². The van der Waals surface area contributed by atoms with Crippen LogP contribution in [-0.4, -0.2) is 145 Å². The molecule has 12 atom stereocenters. The number of rotatable bonds is 12. The number of aliphatic imine (C=N–C) groups is 1. The van der Waals surface area contributed by atoms with E-state index in [4.69, 9.17) is 21.3 Å². The Kier molecular flexibility index (Phi) is 27.5. The van der Waals surface area contributed by atoms with Gasteiger partial charge in [-0.25, -0.2) is 0 Å². The number of likely N-dealkylation sites (N-methyl/N-ethyl adjacent to an activating group) is 1. The van der Waals surface area contributed by atoms with Gasteiger partial charge < -0.3 is 51.3 Å². The van der Waals surface area contributed by atoms with E-state index >= 15 is 0 Å². The molecule has 12 nitrogen and oxygen atoms in total. The molecule has 90 heavy (non-hydrogen) atoms. The van der Waals surface area contributed by atoms with Crippen LogP contribution in [0, 0.1) is 23.7 Å². The molecule has 3 heterocycles. The minimum atomic E-state index is -4.57. The number of nitrogens with zero attached hydrogens (tertiary/aromatic N) is 5. The van der Waals surface area contributed by atoms with Crippen LogP contribution in [-0.2, 0) is 29.9 Å². The zero-order valence-corrected chi connectivity index (χ0v) is 57.3. The molecule has 6 N–H and O–H groups in total. The summed E-state index contributed by atoms with van der Waals surface area (Å²) in [5, 5.41) is 23.6. The van der Waals surface area contributed by atoms with E-state index < -0.39 is 29.7 Å². The fraction of sp³-hybridized carbons (Fsp3) is 0.704. The molecule has 1 spiro atoms. The Morgan fingerprint density at radius 3 is 2.13 bits per heavy atom. The van der Waals surface area contributed by atoms with Gasteiger partial charge >= 0.3 is 12.4 Å². The largest absolute Gasteiger partial charge is 0.417 e. The van der Waals surface area contributed by atoms with Crippen LogP contribution in [0.3, 0.4) is 0 Å². The zero-order valence-electron chi connectivity index (χ0n) is 56.5. The molecule has 0 aromatic heterocycles. The Bertz CT molecular complexity index is 2670. The molecular formula is C71H112ClF6N11O. The number of aryl methyl sites for hydroxylation is 1. The summed E-state index contributed by atoms with van der Waals surface area (Å²) in [5.41, 5.74) is 2.57. The first kappa shape index (κ1) is 73.3. The van der Waals surface area contributed by atoms with Gasteiger partial charge in [0.25, 0.3) is 0 Å². The van der Waals surface area contributed by atoms with E-state index in [1.165, 1.54) is 49.9 Å². The minimum absolute atomic E-state index is 0.0393. The molecule has 0 radical (unpaired) electrons. The number of alkyl halides is 6. The lowest BCUT2D eigenvalue weighted by molar-refractivity contribution is -0.138. The van der Waals surface area contributed by atoms with Crippen molar-refractivity contribution >= 4 is 17.8 Å². The molecule has 4 fully saturated rings. The molecule has 2 aromatic rings. The number of hydrogen-bond acceptors (Lipinski definition) is 12.